The quantitative estimate of drug-likeness (QED) is 0.405. The molecule has 2 aliphatic rings. The van der Waals surface area contributed by atoms with Gasteiger partial charge in [0.1, 0.15) is 30.5 Å². The van der Waals surface area contributed by atoms with Gasteiger partial charge in [0, 0.05) is 42.5 Å². The molecule has 2 N–H and O–H groups in total. The zero-order chi connectivity index (χ0) is 25.6. The van der Waals surface area contributed by atoms with Crippen LogP contribution in [0.25, 0.3) is 11.5 Å². The van der Waals surface area contributed by atoms with Crippen LogP contribution >= 0.6 is 0 Å². The number of hydrogen-bond donors (Lipinski definition) is 2. The summed E-state index contributed by atoms with van der Waals surface area (Å²) in [7, 11) is -4.03. The van der Waals surface area contributed by atoms with Gasteiger partial charge in [-0.2, -0.15) is 4.31 Å². The SMILES string of the molecule is O=S(=O)(c1ccc(-c2ncco2)c(F)c1)N1Cc2cnc(C(O)c3cccc4c3OCCNC4)nc2C1. The molecule has 12 heteroatoms. The van der Waals surface area contributed by atoms with E-state index >= 15 is 0 Å². The van der Waals surface area contributed by atoms with E-state index in [2.05, 4.69) is 20.3 Å². The fraction of sp³-hybridized carbons (Fsp3) is 0.240. The molecule has 0 spiro atoms. The van der Waals surface area contributed by atoms with E-state index in [1.807, 2.05) is 12.1 Å². The number of fused-ring (bicyclic) bond motifs is 2. The lowest BCUT2D eigenvalue weighted by atomic mass is 10.0. The maximum absolute atomic E-state index is 14.7. The van der Waals surface area contributed by atoms with Crippen LogP contribution in [0.4, 0.5) is 4.39 Å². The van der Waals surface area contributed by atoms with E-state index in [9.17, 15) is 17.9 Å². The predicted octanol–water partition coefficient (Wildman–Crippen LogP) is 2.54. The Kier molecular flexibility index (Phi) is 5.95. The Bertz CT molecular complexity index is 1580. The first kappa shape index (κ1) is 23.7. The van der Waals surface area contributed by atoms with Gasteiger partial charge in [0.25, 0.3) is 0 Å². The van der Waals surface area contributed by atoms with Crippen LogP contribution < -0.4 is 10.1 Å². The zero-order valence-corrected chi connectivity index (χ0v) is 20.3. The van der Waals surface area contributed by atoms with Crippen LogP contribution in [0.2, 0.25) is 0 Å². The van der Waals surface area contributed by atoms with Crippen LogP contribution in [-0.2, 0) is 29.7 Å². The van der Waals surface area contributed by atoms with Gasteiger partial charge in [0.05, 0.1) is 28.9 Å². The second-order valence-corrected chi connectivity index (χ2v) is 10.7. The zero-order valence-electron chi connectivity index (χ0n) is 19.5. The average molecular weight is 524 g/mol. The molecule has 37 heavy (non-hydrogen) atoms. The maximum atomic E-state index is 14.7. The Balaban J connectivity index is 1.25. The summed E-state index contributed by atoms with van der Waals surface area (Å²) >= 11 is 0. The number of benzene rings is 2. The minimum absolute atomic E-state index is 0.0314. The lowest BCUT2D eigenvalue weighted by Crippen LogP contribution is -2.25. The fourth-order valence-corrected chi connectivity index (χ4v) is 5.89. The number of ether oxygens (including phenoxy) is 1. The molecule has 0 fully saturated rings. The van der Waals surface area contributed by atoms with E-state index in [0.29, 0.717) is 42.3 Å². The van der Waals surface area contributed by atoms with Gasteiger partial charge in [-0.05, 0) is 18.2 Å². The Morgan fingerprint density at radius 3 is 2.84 bits per heavy atom. The highest BCUT2D eigenvalue weighted by Crippen LogP contribution is 2.34. The summed E-state index contributed by atoms with van der Waals surface area (Å²) in [5.41, 5.74) is 2.63. The van der Waals surface area contributed by atoms with Gasteiger partial charge in [-0.3, -0.25) is 0 Å². The number of sulfonamides is 1. The number of halogens is 1. The molecule has 190 valence electrons. The van der Waals surface area contributed by atoms with E-state index in [-0.39, 0.29) is 35.3 Å². The molecular formula is C25H22FN5O5S. The number of aliphatic hydroxyl groups is 1. The highest BCUT2D eigenvalue weighted by atomic mass is 32.2. The normalized spacial score (nSPS) is 16.5. The molecule has 0 radical (unpaired) electrons. The molecule has 10 nitrogen and oxygen atoms in total. The minimum atomic E-state index is -4.03. The van der Waals surface area contributed by atoms with Crippen molar-refractivity contribution >= 4 is 10.0 Å². The third-order valence-electron chi connectivity index (χ3n) is 6.39. The molecule has 4 aromatic rings. The first-order chi connectivity index (χ1) is 17.9. The molecule has 2 aromatic heterocycles. The van der Waals surface area contributed by atoms with Gasteiger partial charge in [-0.25, -0.2) is 27.8 Å². The first-order valence-corrected chi connectivity index (χ1v) is 13.0. The number of nitrogens with one attached hydrogen (secondary N) is 1. The van der Waals surface area contributed by atoms with Crippen molar-refractivity contribution in [2.75, 3.05) is 13.2 Å². The van der Waals surface area contributed by atoms with Crippen LogP contribution in [0.5, 0.6) is 5.75 Å². The number of aliphatic hydroxyl groups excluding tert-OH is 1. The van der Waals surface area contributed by atoms with Crippen LogP contribution in [0.1, 0.15) is 34.3 Å². The van der Waals surface area contributed by atoms with E-state index in [1.54, 1.807) is 6.07 Å². The Morgan fingerprint density at radius 2 is 2.03 bits per heavy atom. The molecule has 4 heterocycles. The van der Waals surface area contributed by atoms with Crippen molar-refractivity contribution in [1.29, 1.82) is 0 Å². The highest BCUT2D eigenvalue weighted by Gasteiger charge is 2.33. The molecular weight excluding hydrogens is 501 g/mol. The van der Waals surface area contributed by atoms with Gasteiger partial charge in [0.15, 0.2) is 5.82 Å². The average Bonchev–Trinajstić information content (AvgIpc) is 3.53. The number of oxazole rings is 1. The van der Waals surface area contributed by atoms with Crippen LogP contribution in [-0.4, -0.2) is 45.9 Å². The van der Waals surface area contributed by atoms with Crippen molar-refractivity contribution in [2.24, 2.45) is 0 Å². The molecule has 1 atom stereocenters. The number of para-hydroxylation sites is 1. The van der Waals surface area contributed by atoms with E-state index in [0.717, 1.165) is 11.6 Å². The Hall–Kier alpha value is -3.71. The summed E-state index contributed by atoms with van der Waals surface area (Å²) < 4.78 is 53.4. The fourth-order valence-electron chi connectivity index (χ4n) is 4.50. The van der Waals surface area contributed by atoms with Crippen LogP contribution in [0, 0.1) is 5.82 Å². The predicted molar refractivity (Wildman–Crippen MR) is 128 cm³/mol. The molecule has 0 saturated heterocycles. The second kappa shape index (κ2) is 9.30. The summed E-state index contributed by atoms with van der Waals surface area (Å²) in [5, 5.41) is 14.4. The molecule has 6 rings (SSSR count). The highest BCUT2D eigenvalue weighted by molar-refractivity contribution is 7.89. The van der Waals surface area contributed by atoms with Gasteiger partial charge in [0.2, 0.25) is 15.9 Å². The van der Waals surface area contributed by atoms with Crippen molar-refractivity contribution in [3.63, 3.8) is 0 Å². The lowest BCUT2D eigenvalue weighted by Gasteiger charge is -2.17. The standard InChI is InChI=1S/C25H22FN5O5S/c26-20-10-17(4-5-18(20)25-28-7-9-36-25)37(33,34)31-13-16-12-29-24(30-21(16)14-31)22(32)19-3-1-2-15-11-27-6-8-35-23(15)19/h1-5,7,9-10,12,22,27,32H,6,8,11,13-14H2. The second-order valence-electron chi connectivity index (χ2n) is 8.72. The van der Waals surface area contributed by atoms with Crippen LogP contribution in [0.3, 0.4) is 0 Å². The molecule has 0 aliphatic carbocycles. The van der Waals surface area contributed by atoms with E-state index < -0.39 is 21.9 Å². The van der Waals surface area contributed by atoms with Gasteiger partial charge < -0.3 is 19.6 Å². The van der Waals surface area contributed by atoms with Gasteiger partial charge in [-0.1, -0.05) is 18.2 Å². The molecule has 0 amide bonds. The van der Waals surface area contributed by atoms with Crippen LogP contribution in [0.15, 0.2) is 64.4 Å². The molecule has 0 bridgehead atoms. The number of nitrogens with zero attached hydrogens (tertiary/aromatic N) is 4. The van der Waals surface area contributed by atoms with Gasteiger partial charge >= 0.3 is 0 Å². The number of hydrogen-bond acceptors (Lipinski definition) is 9. The van der Waals surface area contributed by atoms with Crippen molar-refractivity contribution in [2.45, 2.75) is 30.6 Å². The van der Waals surface area contributed by atoms with Crippen molar-refractivity contribution in [1.82, 2.24) is 24.6 Å². The third kappa shape index (κ3) is 4.27. The summed E-state index contributed by atoms with van der Waals surface area (Å²) in [6.45, 7) is 1.78. The molecule has 2 aromatic carbocycles. The molecule has 2 aliphatic heterocycles. The molecule has 1 unspecified atom stereocenters. The largest absolute Gasteiger partial charge is 0.492 e. The monoisotopic (exact) mass is 523 g/mol. The maximum Gasteiger partial charge on any atom is 0.243 e. The Morgan fingerprint density at radius 1 is 1.14 bits per heavy atom. The van der Waals surface area contributed by atoms with Crippen molar-refractivity contribution < 1.29 is 27.1 Å². The smallest absolute Gasteiger partial charge is 0.243 e. The van der Waals surface area contributed by atoms with E-state index in [1.165, 1.54) is 35.1 Å². The summed E-state index contributed by atoms with van der Waals surface area (Å²) in [6.07, 6.45) is 3.06. The summed E-state index contributed by atoms with van der Waals surface area (Å²) in [5.74, 6) is 0.0512. The van der Waals surface area contributed by atoms with Crippen molar-refractivity contribution in [3.8, 4) is 17.2 Å². The Labute approximate surface area is 211 Å². The number of rotatable bonds is 5. The first-order valence-electron chi connectivity index (χ1n) is 11.6. The minimum Gasteiger partial charge on any atom is -0.492 e. The summed E-state index contributed by atoms with van der Waals surface area (Å²) in [6, 6.07) is 9.12. The third-order valence-corrected chi connectivity index (χ3v) is 8.18. The van der Waals surface area contributed by atoms with Crippen molar-refractivity contribution in [3.05, 3.63) is 89.1 Å². The summed E-state index contributed by atoms with van der Waals surface area (Å²) in [4.78, 5) is 12.5. The number of aromatic nitrogens is 3. The lowest BCUT2D eigenvalue weighted by molar-refractivity contribution is 0.201. The molecule has 0 saturated carbocycles. The topological polar surface area (TPSA) is 131 Å². The van der Waals surface area contributed by atoms with Gasteiger partial charge in [-0.15, -0.1) is 0 Å². The van der Waals surface area contributed by atoms with E-state index in [4.69, 9.17) is 9.15 Å².